The van der Waals surface area contributed by atoms with Crippen LogP contribution in [0.1, 0.15) is 43.8 Å². The van der Waals surface area contributed by atoms with E-state index in [1.807, 2.05) is 12.1 Å². The number of nitrogens with zero attached hydrogens (tertiary/aromatic N) is 4. The van der Waals surface area contributed by atoms with Crippen molar-refractivity contribution in [2.24, 2.45) is 0 Å². The Kier molecular flexibility index (Phi) is 4.60. The SMILES string of the molecule is COc1cccc2c1nc(N)n1nc(C3CCCC(=CCC(F)(F)F)C3)nc21. The minimum Gasteiger partial charge on any atom is -0.494 e. The fourth-order valence-electron chi connectivity index (χ4n) is 3.74. The molecule has 9 heteroatoms. The number of hydrogen-bond acceptors (Lipinski definition) is 5. The van der Waals surface area contributed by atoms with Gasteiger partial charge in [-0.2, -0.15) is 17.7 Å². The van der Waals surface area contributed by atoms with Crippen LogP contribution in [0.4, 0.5) is 19.1 Å². The van der Waals surface area contributed by atoms with Gasteiger partial charge in [-0.1, -0.05) is 17.7 Å². The minimum absolute atomic E-state index is 0.0341. The Balaban J connectivity index is 1.72. The van der Waals surface area contributed by atoms with Crippen molar-refractivity contribution in [1.29, 1.82) is 0 Å². The van der Waals surface area contributed by atoms with E-state index < -0.39 is 12.6 Å². The van der Waals surface area contributed by atoms with E-state index in [0.29, 0.717) is 35.6 Å². The molecular weight excluding hydrogens is 371 g/mol. The molecule has 1 saturated carbocycles. The van der Waals surface area contributed by atoms with Crippen LogP contribution >= 0.6 is 0 Å². The largest absolute Gasteiger partial charge is 0.494 e. The number of anilines is 1. The van der Waals surface area contributed by atoms with Gasteiger partial charge in [-0.3, -0.25) is 0 Å². The van der Waals surface area contributed by atoms with Gasteiger partial charge in [0.05, 0.1) is 13.5 Å². The summed E-state index contributed by atoms with van der Waals surface area (Å²) in [5, 5.41) is 5.27. The summed E-state index contributed by atoms with van der Waals surface area (Å²) in [7, 11) is 1.56. The summed E-state index contributed by atoms with van der Waals surface area (Å²) in [5.41, 5.74) is 8.05. The van der Waals surface area contributed by atoms with Crippen molar-refractivity contribution in [2.75, 3.05) is 12.8 Å². The predicted octanol–water partition coefficient (Wildman–Crippen LogP) is 4.40. The second-order valence-electron chi connectivity index (χ2n) is 7.01. The van der Waals surface area contributed by atoms with Gasteiger partial charge in [0, 0.05) is 11.3 Å². The second kappa shape index (κ2) is 6.96. The smallest absolute Gasteiger partial charge is 0.392 e. The zero-order valence-corrected chi connectivity index (χ0v) is 15.3. The summed E-state index contributed by atoms with van der Waals surface area (Å²) in [6.07, 6.45) is -0.918. The molecule has 1 aliphatic carbocycles. The molecule has 1 atom stereocenters. The highest BCUT2D eigenvalue weighted by Gasteiger charge is 2.28. The lowest BCUT2D eigenvalue weighted by atomic mass is 9.84. The van der Waals surface area contributed by atoms with E-state index in [1.54, 1.807) is 13.2 Å². The highest BCUT2D eigenvalue weighted by atomic mass is 19.4. The molecule has 1 aliphatic rings. The van der Waals surface area contributed by atoms with E-state index in [9.17, 15) is 13.2 Å². The van der Waals surface area contributed by atoms with Crippen LogP contribution in [-0.2, 0) is 0 Å². The normalized spacial score (nSPS) is 19.6. The Morgan fingerprint density at radius 2 is 2.14 bits per heavy atom. The molecule has 0 bridgehead atoms. The van der Waals surface area contributed by atoms with Crippen LogP contribution in [-0.4, -0.2) is 32.9 Å². The Bertz CT molecular complexity index is 1060. The third-order valence-electron chi connectivity index (χ3n) is 5.07. The van der Waals surface area contributed by atoms with Gasteiger partial charge in [0.1, 0.15) is 11.3 Å². The third-order valence-corrected chi connectivity index (χ3v) is 5.07. The van der Waals surface area contributed by atoms with Gasteiger partial charge in [0.25, 0.3) is 0 Å². The van der Waals surface area contributed by atoms with Crippen LogP contribution in [0.3, 0.4) is 0 Å². The quantitative estimate of drug-likeness (QED) is 0.670. The number of aromatic nitrogens is 4. The standard InChI is InChI=1S/C19H20F3N5O/c1-28-14-7-3-6-13-15(14)24-18(23)27-17(13)25-16(26-27)12-5-2-4-11(10-12)8-9-19(20,21)22/h3,6-8,12H,2,4-5,9-10H2,1H3,(H2,23,24). The van der Waals surface area contributed by atoms with Gasteiger partial charge in [-0.15, -0.1) is 5.10 Å². The molecule has 1 aromatic carbocycles. The summed E-state index contributed by atoms with van der Waals surface area (Å²) < 4.78 is 44.4. The average molecular weight is 391 g/mol. The summed E-state index contributed by atoms with van der Waals surface area (Å²) in [6, 6.07) is 5.50. The third kappa shape index (κ3) is 3.48. The Hall–Kier alpha value is -2.84. The van der Waals surface area contributed by atoms with Crippen LogP contribution in [0.5, 0.6) is 5.75 Å². The van der Waals surface area contributed by atoms with Crippen molar-refractivity contribution in [3.05, 3.63) is 35.7 Å². The topological polar surface area (TPSA) is 78.3 Å². The van der Waals surface area contributed by atoms with Gasteiger partial charge >= 0.3 is 6.18 Å². The molecule has 3 aromatic rings. The number of nitrogens with two attached hydrogens (primary N) is 1. The first-order valence-electron chi connectivity index (χ1n) is 9.09. The first kappa shape index (κ1) is 18.5. The van der Waals surface area contributed by atoms with Crippen LogP contribution in [0.2, 0.25) is 0 Å². The molecule has 148 valence electrons. The zero-order chi connectivity index (χ0) is 19.9. The van der Waals surface area contributed by atoms with Crippen molar-refractivity contribution in [2.45, 2.75) is 44.2 Å². The van der Waals surface area contributed by atoms with Crippen LogP contribution in [0, 0.1) is 0 Å². The molecule has 2 aromatic heterocycles. The van der Waals surface area contributed by atoms with Crippen molar-refractivity contribution in [1.82, 2.24) is 19.6 Å². The fourth-order valence-corrected chi connectivity index (χ4v) is 3.74. The van der Waals surface area contributed by atoms with Crippen molar-refractivity contribution < 1.29 is 17.9 Å². The first-order chi connectivity index (χ1) is 13.4. The highest BCUT2D eigenvalue weighted by Crippen LogP contribution is 2.36. The molecule has 0 spiro atoms. The molecule has 0 saturated heterocycles. The highest BCUT2D eigenvalue weighted by molar-refractivity contribution is 5.95. The van der Waals surface area contributed by atoms with Crippen molar-refractivity contribution >= 4 is 22.5 Å². The number of halogens is 3. The molecule has 0 amide bonds. The molecular formula is C19H20F3N5O. The number of alkyl halides is 3. The molecule has 4 rings (SSSR count). The summed E-state index contributed by atoms with van der Waals surface area (Å²) >= 11 is 0. The number of ether oxygens (including phenoxy) is 1. The maximum atomic E-state index is 12.5. The lowest BCUT2D eigenvalue weighted by Crippen LogP contribution is -2.11. The minimum atomic E-state index is -4.18. The van der Waals surface area contributed by atoms with Crippen LogP contribution in [0.15, 0.2) is 29.8 Å². The summed E-state index contributed by atoms with van der Waals surface area (Å²) in [6.45, 7) is 0. The monoisotopic (exact) mass is 391 g/mol. The molecule has 2 N–H and O–H groups in total. The molecule has 2 heterocycles. The number of hydrogen-bond donors (Lipinski definition) is 1. The van der Waals surface area contributed by atoms with Crippen LogP contribution in [0.25, 0.3) is 16.6 Å². The Morgan fingerprint density at radius 3 is 2.89 bits per heavy atom. The van der Waals surface area contributed by atoms with E-state index in [2.05, 4.69) is 15.1 Å². The number of benzene rings is 1. The maximum Gasteiger partial charge on any atom is 0.392 e. The lowest BCUT2D eigenvalue weighted by Gasteiger charge is -2.22. The number of para-hydroxylation sites is 1. The van der Waals surface area contributed by atoms with Crippen molar-refractivity contribution in [3.63, 3.8) is 0 Å². The second-order valence-corrected chi connectivity index (χ2v) is 7.01. The van der Waals surface area contributed by atoms with E-state index in [4.69, 9.17) is 10.5 Å². The molecule has 28 heavy (non-hydrogen) atoms. The summed E-state index contributed by atoms with van der Waals surface area (Å²) in [5.74, 6) is 1.33. The van der Waals surface area contributed by atoms with E-state index in [1.165, 1.54) is 10.6 Å². The molecule has 1 unspecified atom stereocenters. The fraction of sp³-hybridized carbons (Fsp3) is 0.421. The lowest BCUT2D eigenvalue weighted by molar-refractivity contribution is -0.125. The number of methoxy groups -OCH3 is 1. The zero-order valence-electron chi connectivity index (χ0n) is 15.3. The molecule has 0 radical (unpaired) electrons. The number of fused-ring (bicyclic) bond motifs is 3. The Morgan fingerprint density at radius 1 is 1.32 bits per heavy atom. The van der Waals surface area contributed by atoms with Gasteiger partial charge in [0.15, 0.2) is 11.5 Å². The number of rotatable bonds is 3. The van der Waals surface area contributed by atoms with E-state index in [-0.39, 0.29) is 11.9 Å². The van der Waals surface area contributed by atoms with Crippen LogP contribution < -0.4 is 10.5 Å². The number of allylic oxidation sites excluding steroid dienone is 2. The molecule has 6 nitrogen and oxygen atoms in total. The van der Waals surface area contributed by atoms with Gasteiger partial charge in [0.2, 0.25) is 5.95 Å². The number of nitrogen functional groups attached to an aromatic ring is 1. The average Bonchev–Trinajstić information content (AvgIpc) is 3.12. The van der Waals surface area contributed by atoms with Gasteiger partial charge < -0.3 is 10.5 Å². The van der Waals surface area contributed by atoms with Gasteiger partial charge in [-0.05, 0) is 37.8 Å². The Labute approximate surface area is 159 Å². The molecule has 1 fully saturated rings. The predicted molar refractivity (Wildman–Crippen MR) is 99.2 cm³/mol. The summed E-state index contributed by atoms with van der Waals surface area (Å²) in [4.78, 5) is 9.05. The molecule has 0 aliphatic heterocycles. The first-order valence-corrected chi connectivity index (χ1v) is 9.09. The van der Waals surface area contributed by atoms with Gasteiger partial charge in [-0.25, -0.2) is 9.97 Å². The van der Waals surface area contributed by atoms with E-state index in [0.717, 1.165) is 23.8 Å². The maximum absolute atomic E-state index is 12.5. The van der Waals surface area contributed by atoms with Crippen molar-refractivity contribution in [3.8, 4) is 5.75 Å². The van der Waals surface area contributed by atoms with E-state index >= 15 is 0 Å².